The first-order valence-corrected chi connectivity index (χ1v) is 8.41. The molecule has 7 heteroatoms. The summed E-state index contributed by atoms with van der Waals surface area (Å²) in [5.74, 6) is 0. The Morgan fingerprint density at radius 2 is 2.14 bits per heavy atom. The van der Waals surface area contributed by atoms with E-state index in [2.05, 4.69) is 22.1 Å². The molecule has 0 radical (unpaired) electrons. The maximum atomic E-state index is 12.2. The number of hydrogen-bond acceptors (Lipinski definition) is 5. The van der Waals surface area contributed by atoms with E-state index < -0.39 is 0 Å². The summed E-state index contributed by atoms with van der Waals surface area (Å²) in [5.41, 5.74) is 1.01. The fourth-order valence-electron chi connectivity index (χ4n) is 2.49. The average molecular weight is 312 g/mol. The quantitative estimate of drug-likeness (QED) is 0.867. The minimum absolute atomic E-state index is 0.0799. The van der Waals surface area contributed by atoms with Crippen LogP contribution in [-0.2, 0) is 6.42 Å². The van der Waals surface area contributed by atoms with Crippen molar-refractivity contribution in [3.63, 3.8) is 0 Å². The third-order valence-electron chi connectivity index (χ3n) is 3.93. The Kier molecular flexibility index (Phi) is 5.96. The smallest absolute Gasteiger partial charge is 0.323 e. The van der Waals surface area contributed by atoms with Gasteiger partial charge < -0.3 is 10.0 Å². The van der Waals surface area contributed by atoms with Crippen LogP contribution in [0.1, 0.15) is 26.0 Å². The molecule has 0 saturated carbocycles. The number of aromatic nitrogens is 1. The van der Waals surface area contributed by atoms with Gasteiger partial charge in [0.25, 0.3) is 0 Å². The number of nitrogens with one attached hydrogen (secondary N) is 1. The second-order valence-electron chi connectivity index (χ2n) is 5.20. The van der Waals surface area contributed by atoms with Crippen LogP contribution in [0, 0.1) is 0 Å². The molecule has 0 bridgehead atoms. The lowest BCUT2D eigenvalue weighted by molar-refractivity contribution is 0.0766. The summed E-state index contributed by atoms with van der Waals surface area (Å²) < 4.78 is 0. The second kappa shape index (κ2) is 7.72. The van der Waals surface area contributed by atoms with Gasteiger partial charge in [0.2, 0.25) is 0 Å². The predicted octanol–water partition coefficient (Wildman–Crippen LogP) is 1.63. The molecule has 1 saturated heterocycles. The van der Waals surface area contributed by atoms with Crippen LogP contribution in [0.5, 0.6) is 0 Å². The van der Waals surface area contributed by atoms with Crippen molar-refractivity contribution >= 4 is 22.5 Å². The summed E-state index contributed by atoms with van der Waals surface area (Å²) in [6.07, 6.45) is 1.81. The Bertz CT molecular complexity index is 454. The first-order valence-electron chi connectivity index (χ1n) is 7.53. The van der Waals surface area contributed by atoms with Gasteiger partial charge in [-0.3, -0.25) is 10.2 Å². The van der Waals surface area contributed by atoms with Crippen LogP contribution >= 0.6 is 11.3 Å². The molecule has 0 aromatic carbocycles. The van der Waals surface area contributed by atoms with Crippen LogP contribution in [0.25, 0.3) is 0 Å². The first kappa shape index (κ1) is 16.2. The Labute approximate surface area is 129 Å². The van der Waals surface area contributed by atoms with Crippen LogP contribution in [0.4, 0.5) is 9.93 Å². The fraction of sp³-hybridized carbons (Fsp3) is 0.714. The molecule has 1 aliphatic heterocycles. The number of piperazine rings is 1. The van der Waals surface area contributed by atoms with Gasteiger partial charge in [-0.15, -0.1) is 11.3 Å². The van der Waals surface area contributed by atoms with Crippen molar-refractivity contribution in [2.24, 2.45) is 0 Å². The molecular formula is C14H24N4O2S. The molecule has 0 aliphatic carbocycles. The van der Waals surface area contributed by atoms with E-state index in [1.165, 1.54) is 11.3 Å². The molecule has 0 spiro atoms. The first-order chi connectivity index (χ1) is 10.2. The van der Waals surface area contributed by atoms with Crippen molar-refractivity contribution in [1.82, 2.24) is 14.8 Å². The number of anilines is 1. The minimum atomic E-state index is -0.0799. The van der Waals surface area contributed by atoms with E-state index in [1.54, 1.807) is 0 Å². The molecule has 2 rings (SSSR count). The molecule has 118 valence electrons. The van der Waals surface area contributed by atoms with E-state index in [9.17, 15) is 9.90 Å². The molecule has 1 aromatic rings. The van der Waals surface area contributed by atoms with Crippen molar-refractivity contribution < 1.29 is 9.90 Å². The van der Waals surface area contributed by atoms with Crippen molar-refractivity contribution in [2.45, 2.75) is 32.7 Å². The van der Waals surface area contributed by atoms with Gasteiger partial charge >= 0.3 is 6.03 Å². The lowest BCUT2D eigenvalue weighted by Crippen LogP contribution is -2.53. The minimum Gasteiger partial charge on any atom is -0.395 e. The number of aryl methyl sites for hydroxylation is 1. The van der Waals surface area contributed by atoms with Crippen molar-refractivity contribution in [1.29, 1.82) is 0 Å². The Hall–Kier alpha value is -1.18. The van der Waals surface area contributed by atoms with Gasteiger partial charge in [-0.25, -0.2) is 9.78 Å². The van der Waals surface area contributed by atoms with Crippen LogP contribution in [0.3, 0.4) is 0 Å². The number of amides is 2. The number of carbonyl (C=O) groups excluding carboxylic acids is 1. The molecule has 1 aromatic heterocycles. The SMILES string of the molecule is CCc1csc(NC(=O)N2CCN(C(CC)CO)CC2)n1. The van der Waals surface area contributed by atoms with E-state index >= 15 is 0 Å². The summed E-state index contributed by atoms with van der Waals surface area (Å²) in [6, 6.07) is 0.130. The molecule has 2 amide bonds. The third-order valence-corrected chi connectivity index (χ3v) is 4.73. The highest BCUT2D eigenvalue weighted by Gasteiger charge is 2.25. The zero-order valence-corrected chi connectivity index (χ0v) is 13.5. The van der Waals surface area contributed by atoms with E-state index in [0.29, 0.717) is 18.2 Å². The van der Waals surface area contributed by atoms with Crippen LogP contribution in [-0.4, -0.2) is 64.7 Å². The standard InChI is InChI=1S/C14H24N4O2S/c1-3-11-10-21-13(15-11)16-14(20)18-7-5-17(6-8-18)12(4-2)9-19/h10,12,19H,3-9H2,1-2H3,(H,15,16,20). The van der Waals surface area contributed by atoms with Crippen LogP contribution < -0.4 is 5.32 Å². The third kappa shape index (κ3) is 4.15. The fourth-order valence-corrected chi connectivity index (χ4v) is 3.27. The molecule has 6 nitrogen and oxygen atoms in total. The van der Waals surface area contributed by atoms with Gasteiger partial charge in [0.05, 0.1) is 12.3 Å². The Balaban J connectivity index is 1.82. The monoisotopic (exact) mass is 312 g/mol. The molecule has 1 unspecified atom stereocenters. The molecule has 1 fully saturated rings. The van der Waals surface area contributed by atoms with E-state index in [-0.39, 0.29) is 18.7 Å². The second-order valence-corrected chi connectivity index (χ2v) is 6.05. The predicted molar refractivity (Wildman–Crippen MR) is 84.8 cm³/mol. The van der Waals surface area contributed by atoms with E-state index in [1.807, 2.05) is 17.2 Å². The van der Waals surface area contributed by atoms with Gasteiger partial charge in [0.1, 0.15) is 0 Å². The topological polar surface area (TPSA) is 68.7 Å². The highest BCUT2D eigenvalue weighted by atomic mass is 32.1. The summed E-state index contributed by atoms with van der Waals surface area (Å²) in [7, 11) is 0. The molecular weight excluding hydrogens is 288 g/mol. The summed E-state index contributed by atoms with van der Waals surface area (Å²) in [4.78, 5) is 20.6. The Morgan fingerprint density at radius 1 is 1.43 bits per heavy atom. The van der Waals surface area contributed by atoms with Gasteiger partial charge in [-0.1, -0.05) is 13.8 Å². The number of aliphatic hydroxyl groups excluding tert-OH is 1. The van der Waals surface area contributed by atoms with Crippen molar-refractivity contribution in [3.8, 4) is 0 Å². The van der Waals surface area contributed by atoms with Gasteiger partial charge in [0, 0.05) is 37.6 Å². The van der Waals surface area contributed by atoms with E-state index in [4.69, 9.17) is 0 Å². The lowest BCUT2D eigenvalue weighted by Gasteiger charge is -2.38. The van der Waals surface area contributed by atoms with E-state index in [0.717, 1.165) is 31.6 Å². The van der Waals surface area contributed by atoms with Gasteiger partial charge in [-0.05, 0) is 12.8 Å². The number of rotatable bonds is 5. The number of nitrogens with zero attached hydrogens (tertiary/aromatic N) is 3. The number of carbonyl (C=O) groups is 1. The Morgan fingerprint density at radius 3 is 2.67 bits per heavy atom. The van der Waals surface area contributed by atoms with Crippen molar-refractivity contribution in [2.75, 3.05) is 38.1 Å². The number of aliphatic hydroxyl groups is 1. The number of urea groups is 1. The maximum absolute atomic E-state index is 12.2. The summed E-state index contributed by atoms with van der Waals surface area (Å²) in [6.45, 7) is 7.30. The lowest BCUT2D eigenvalue weighted by atomic mass is 10.2. The normalized spacial score (nSPS) is 17.8. The van der Waals surface area contributed by atoms with Gasteiger partial charge in [-0.2, -0.15) is 0 Å². The highest BCUT2D eigenvalue weighted by molar-refractivity contribution is 7.13. The molecule has 1 aliphatic rings. The van der Waals surface area contributed by atoms with Gasteiger partial charge in [0.15, 0.2) is 5.13 Å². The number of hydrogen-bond donors (Lipinski definition) is 2. The number of thiazole rings is 1. The van der Waals surface area contributed by atoms with Crippen molar-refractivity contribution in [3.05, 3.63) is 11.1 Å². The average Bonchev–Trinajstić information content (AvgIpc) is 2.97. The zero-order valence-electron chi connectivity index (χ0n) is 12.7. The zero-order chi connectivity index (χ0) is 15.2. The molecule has 2 N–H and O–H groups in total. The largest absolute Gasteiger partial charge is 0.395 e. The molecule has 2 heterocycles. The van der Waals surface area contributed by atoms with Crippen LogP contribution in [0.2, 0.25) is 0 Å². The summed E-state index contributed by atoms with van der Waals surface area (Å²) >= 11 is 1.47. The van der Waals surface area contributed by atoms with Crippen LogP contribution in [0.15, 0.2) is 5.38 Å². The molecule has 21 heavy (non-hydrogen) atoms. The summed E-state index contributed by atoms with van der Waals surface area (Å²) in [5, 5.41) is 14.8. The maximum Gasteiger partial charge on any atom is 0.323 e. The molecule has 1 atom stereocenters. The highest BCUT2D eigenvalue weighted by Crippen LogP contribution is 2.17.